The lowest BCUT2D eigenvalue weighted by molar-refractivity contribution is 0.0365. The molecule has 5 heteroatoms. The molecular formula is C7H8BrNO2S. The number of hydrogen-bond donors (Lipinski definition) is 1. The lowest BCUT2D eigenvalue weighted by Gasteiger charge is -1.99. The van der Waals surface area contributed by atoms with Crippen LogP contribution in [0.25, 0.3) is 0 Å². The molecule has 1 amide bonds. The third kappa shape index (κ3) is 2.58. The Labute approximate surface area is 82.8 Å². The highest BCUT2D eigenvalue weighted by atomic mass is 79.9. The zero-order valence-corrected chi connectivity index (χ0v) is 8.87. The minimum atomic E-state index is -0.209. The summed E-state index contributed by atoms with van der Waals surface area (Å²) in [6, 6.07) is 1.75. The Morgan fingerprint density at radius 2 is 2.58 bits per heavy atom. The van der Waals surface area contributed by atoms with Crippen LogP contribution in [-0.2, 0) is 4.84 Å². The quantitative estimate of drug-likeness (QED) is 0.835. The van der Waals surface area contributed by atoms with Crippen LogP contribution in [0.4, 0.5) is 0 Å². The van der Waals surface area contributed by atoms with Crippen molar-refractivity contribution in [2.24, 2.45) is 0 Å². The second-order valence-corrected chi connectivity index (χ2v) is 4.29. The largest absolute Gasteiger partial charge is 0.275 e. The fourth-order valence-corrected chi connectivity index (χ4v) is 1.76. The van der Waals surface area contributed by atoms with Crippen LogP contribution in [0.1, 0.15) is 17.3 Å². The summed E-state index contributed by atoms with van der Waals surface area (Å²) in [4.78, 5) is 15.9. The van der Waals surface area contributed by atoms with Crippen molar-refractivity contribution in [2.75, 3.05) is 6.61 Å². The fourth-order valence-electron chi connectivity index (χ4n) is 0.626. The van der Waals surface area contributed by atoms with E-state index in [1.165, 1.54) is 11.3 Å². The molecule has 1 rings (SSSR count). The van der Waals surface area contributed by atoms with Crippen LogP contribution in [0, 0.1) is 0 Å². The number of nitrogens with one attached hydrogen (secondary N) is 1. The molecule has 0 spiro atoms. The summed E-state index contributed by atoms with van der Waals surface area (Å²) in [7, 11) is 0. The van der Waals surface area contributed by atoms with Crippen molar-refractivity contribution < 1.29 is 9.63 Å². The Morgan fingerprint density at radius 3 is 3.08 bits per heavy atom. The van der Waals surface area contributed by atoms with Crippen LogP contribution in [-0.4, -0.2) is 12.5 Å². The maximum Gasteiger partial charge on any atom is 0.275 e. The third-order valence-corrected chi connectivity index (χ3v) is 2.64. The molecule has 66 valence electrons. The molecule has 0 aliphatic heterocycles. The smallest absolute Gasteiger partial charge is 0.274 e. The SMILES string of the molecule is CCONC(=O)c1csc(Br)c1. The van der Waals surface area contributed by atoms with E-state index >= 15 is 0 Å². The van der Waals surface area contributed by atoms with E-state index in [4.69, 9.17) is 4.84 Å². The molecule has 0 aliphatic rings. The van der Waals surface area contributed by atoms with Crippen LogP contribution in [0.3, 0.4) is 0 Å². The number of rotatable bonds is 3. The zero-order valence-electron chi connectivity index (χ0n) is 6.46. The van der Waals surface area contributed by atoms with E-state index in [0.29, 0.717) is 12.2 Å². The first kappa shape index (κ1) is 9.70. The predicted octanol–water partition coefficient (Wildman–Crippen LogP) is 2.19. The van der Waals surface area contributed by atoms with Crippen LogP contribution < -0.4 is 5.48 Å². The number of carbonyl (C=O) groups excluding carboxylic acids is 1. The Kier molecular flexibility index (Phi) is 3.71. The number of halogens is 1. The van der Waals surface area contributed by atoms with Gasteiger partial charge in [0.25, 0.3) is 5.91 Å². The minimum Gasteiger partial charge on any atom is -0.274 e. The Bertz CT molecular complexity index is 274. The summed E-state index contributed by atoms with van der Waals surface area (Å²) in [6.07, 6.45) is 0. The molecule has 0 atom stereocenters. The van der Waals surface area contributed by atoms with E-state index in [1.54, 1.807) is 11.4 Å². The summed E-state index contributed by atoms with van der Waals surface area (Å²) in [5.41, 5.74) is 2.92. The number of amides is 1. The molecule has 1 aromatic rings. The van der Waals surface area contributed by atoms with Crippen LogP contribution >= 0.6 is 27.3 Å². The number of hydroxylamine groups is 1. The fraction of sp³-hybridized carbons (Fsp3) is 0.286. The van der Waals surface area contributed by atoms with Crippen LogP contribution in [0.2, 0.25) is 0 Å². The Morgan fingerprint density at radius 1 is 1.83 bits per heavy atom. The van der Waals surface area contributed by atoms with Gasteiger partial charge in [0.15, 0.2) is 0 Å². The maximum atomic E-state index is 11.2. The van der Waals surface area contributed by atoms with Gasteiger partial charge in [0.05, 0.1) is 16.0 Å². The molecule has 1 aromatic heterocycles. The molecule has 1 heterocycles. The Balaban J connectivity index is 2.53. The molecule has 0 saturated heterocycles. The standard InChI is InChI=1S/C7H8BrNO2S/c1-2-11-9-7(10)5-3-6(8)12-4-5/h3-4H,2H2,1H3,(H,9,10). The molecule has 0 fully saturated rings. The van der Waals surface area contributed by atoms with E-state index in [1.807, 2.05) is 6.92 Å². The monoisotopic (exact) mass is 249 g/mol. The van der Waals surface area contributed by atoms with Crippen molar-refractivity contribution >= 4 is 33.2 Å². The molecule has 0 aromatic carbocycles. The highest BCUT2D eigenvalue weighted by molar-refractivity contribution is 9.11. The molecule has 0 aliphatic carbocycles. The van der Waals surface area contributed by atoms with Crippen molar-refractivity contribution in [3.05, 3.63) is 20.8 Å². The van der Waals surface area contributed by atoms with E-state index in [9.17, 15) is 4.79 Å². The van der Waals surface area contributed by atoms with Gasteiger partial charge in [-0.25, -0.2) is 5.48 Å². The molecule has 12 heavy (non-hydrogen) atoms. The molecular weight excluding hydrogens is 242 g/mol. The lowest BCUT2D eigenvalue weighted by atomic mass is 10.3. The van der Waals surface area contributed by atoms with Crippen molar-refractivity contribution in [2.45, 2.75) is 6.92 Å². The first-order chi connectivity index (χ1) is 5.74. The summed E-state index contributed by atoms with van der Waals surface area (Å²) >= 11 is 4.73. The predicted molar refractivity (Wildman–Crippen MR) is 51.1 cm³/mol. The topological polar surface area (TPSA) is 38.3 Å². The molecule has 0 radical (unpaired) electrons. The Hall–Kier alpha value is -0.390. The van der Waals surface area contributed by atoms with Crippen molar-refractivity contribution in [3.63, 3.8) is 0 Å². The summed E-state index contributed by atoms with van der Waals surface area (Å²) in [6.45, 7) is 2.28. The highest BCUT2D eigenvalue weighted by Crippen LogP contribution is 2.20. The van der Waals surface area contributed by atoms with Gasteiger partial charge >= 0.3 is 0 Å². The van der Waals surface area contributed by atoms with Gasteiger partial charge in [-0.1, -0.05) is 0 Å². The zero-order chi connectivity index (χ0) is 8.97. The van der Waals surface area contributed by atoms with Gasteiger partial charge < -0.3 is 0 Å². The molecule has 3 nitrogen and oxygen atoms in total. The van der Waals surface area contributed by atoms with E-state index < -0.39 is 0 Å². The van der Waals surface area contributed by atoms with Crippen LogP contribution in [0.15, 0.2) is 15.2 Å². The van der Waals surface area contributed by atoms with E-state index in [0.717, 1.165) is 3.79 Å². The number of hydrogen-bond acceptors (Lipinski definition) is 3. The van der Waals surface area contributed by atoms with Crippen molar-refractivity contribution in [1.82, 2.24) is 5.48 Å². The maximum absolute atomic E-state index is 11.2. The van der Waals surface area contributed by atoms with Crippen LogP contribution in [0.5, 0.6) is 0 Å². The van der Waals surface area contributed by atoms with Gasteiger partial charge in [0.2, 0.25) is 0 Å². The van der Waals surface area contributed by atoms with Gasteiger partial charge in [0, 0.05) is 5.38 Å². The van der Waals surface area contributed by atoms with Gasteiger partial charge in [-0.15, -0.1) is 11.3 Å². The third-order valence-electron chi connectivity index (χ3n) is 1.14. The average molecular weight is 250 g/mol. The van der Waals surface area contributed by atoms with Gasteiger partial charge in [-0.05, 0) is 28.9 Å². The van der Waals surface area contributed by atoms with Gasteiger partial charge in [-0.3, -0.25) is 9.63 Å². The second-order valence-electron chi connectivity index (χ2n) is 2.00. The number of thiophene rings is 1. The first-order valence-electron chi connectivity index (χ1n) is 3.40. The lowest BCUT2D eigenvalue weighted by Crippen LogP contribution is -2.22. The van der Waals surface area contributed by atoms with Crippen molar-refractivity contribution in [1.29, 1.82) is 0 Å². The molecule has 1 N–H and O–H groups in total. The van der Waals surface area contributed by atoms with Gasteiger partial charge in [0.1, 0.15) is 0 Å². The minimum absolute atomic E-state index is 0.209. The highest BCUT2D eigenvalue weighted by Gasteiger charge is 2.06. The summed E-state index contributed by atoms with van der Waals surface area (Å²) in [5, 5.41) is 1.76. The molecule has 0 saturated carbocycles. The summed E-state index contributed by atoms with van der Waals surface area (Å²) < 4.78 is 0.934. The normalized spacial score (nSPS) is 9.83. The second kappa shape index (κ2) is 4.59. The van der Waals surface area contributed by atoms with Gasteiger partial charge in [-0.2, -0.15) is 0 Å². The molecule has 0 unspecified atom stereocenters. The first-order valence-corrected chi connectivity index (χ1v) is 5.07. The van der Waals surface area contributed by atoms with E-state index in [-0.39, 0.29) is 5.91 Å². The summed E-state index contributed by atoms with van der Waals surface area (Å²) in [5.74, 6) is -0.209. The van der Waals surface area contributed by atoms with Crippen molar-refractivity contribution in [3.8, 4) is 0 Å². The van der Waals surface area contributed by atoms with E-state index in [2.05, 4.69) is 21.4 Å². The average Bonchev–Trinajstić information content (AvgIpc) is 2.47. The number of carbonyl (C=O) groups is 1. The molecule has 0 bridgehead atoms.